The zero-order valence-corrected chi connectivity index (χ0v) is 10.2. The van der Waals surface area contributed by atoms with E-state index in [4.69, 9.17) is 5.73 Å². The van der Waals surface area contributed by atoms with Crippen molar-refractivity contribution in [1.82, 2.24) is 14.8 Å². The molecule has 3 saturated carbocycles. The lowest BCUT2D eigenvalue weighted by molar-refractivity contribution is 0.480. The van der Waals surface area contributed by atoms with Gasteiger partial charge in [-0.15, -0.1) is 10.2 Å². The van der Waals surface area contributed by atoms with E-state index in [1.807, 2.05) is 0 Å². The first-order valence-corrected chi connectivity index (χ1v) is 7.04. The first-order valence-electron chi connectivity index (χ1n) is 7.04. The molecule has 3 aliphatic carbocycles. The van der Waals surface area contributed by atoms with Gasteiger partial charge in [0.05, 0.1) is 6.54 Å². The molecule has 92 valence electrons. The van der Waals surface area contributed by atoms with Crippen LogP contribution >= 0.6 is 0 Å². The Balaban J connectivity index is 1.67. The maximum atomic E-state index is 5.77. The molecule has 3 fully saturated rings. The number of nitrogens with two attached hydrogens (primary N) is 1. The van der Waals surface area contributed by atoms with Crippen molar-refractivity contribution in [2.75, 3.05) is 0 Å². The average molecular weight is 232 g/mol. The van der Waals surface area contributed by atoms with Gasteiger partial charge in [-0.1, -0.05) is 12.8 Å². The van der Waals surface area contributed by atoms with Gasteiger partial charge in [-0.2, -0.15) is 0 Å². The molecule has 1 aromatic rings. The van der Waals surface area contributed by atoms with Gasteiger partial charge in [-0.05, 0) is 37.5 Å². The molecule has 3 aliphatic rings. The van der Waals surface area contributed by atoms with Crippen molar-refractivity contribution in [1.29, 1.82) is 0 Å². The lowest BCUT2D eigenvalue weighted by atomic mass is 10.0. The molecule has 0 amide bonds. The van der Waals surface area contributed by atoms with Gasteiger partial charge < -0.3 is 10.3 Å². The van der Waals surface area contributed by atoms with E-state index < -0.39 is 0 Å². The summed E-state index contributed by atoms with van der Waals surface area (Å²) in [5.41, 5.74) is 5.77. The van der Waals surface area contributed by atoms with Crippen molar-refractivity contribution in [2.45, 2.75) is 57.0 Å². The van der Waals surface area contributed by atoms with Gasteiger partial charge in [0.1, 0.15) is 11.6 Å². The van der Waals surface area contributed by atoms with E-state index in [1.165, 1.54) is 44.3 Å². The van der Waals surface area contributed by atoms with Crippen molar-refractivity contribution >= 4 is 0 Å². The first kappa shape index (κ1) is 10.1. The average Bonchev–Trinajstić information content (AvgIpc) is 3.27. The second-order valence-corrected chi connectivity index (χ2v) is 5.92. The molecule has 4 heteroatoms. The molecule has 0 spiro atoms. The van der Waals surface area contributed by atoms with E-state index in [2.05, 4.69) is 14.8 Å². The van der Waals surface area contributed by atoms with Gasteiger partial charge in [0, 0.05) is 12.0 Å². The summed E-state index contributed by atoms with van der Waals surface area (Å²) in [5.74, 6) is 4.81. The van der Waals surface area contributed by atoms with Crippen LogP contribution in [0.15, 0.2) is 0 Å². The quantitative estimate of drug-likeness (QED) is 0.867. The van der Waals surface area contributed by atoms with Crippen molar-refractivity contribution < 1.29 is 0 Å². The Bertz CT molecular complexity index is 423. The van der Waals surface area contributed by atoms with E-state index in [1.54, 1.807) is 0 Å². The molecule has 2 atom stereocenters. The topological polar surface area (TPSA) is 56.7 Å². The van der Waals surface area contributed by atoms with Crippen molar-refractivity contribution in [3.8, 4) is 0 Å². The molecule has 17 heavy (non-hydrogen) atoms. The van der Waals surface area contributed by atoms with Gasteiger partial charge in [-0.3, -0.25) is 0 Å². The SMILES string of the molecule is NCc1nnc(C2C3CCCCC32)n1C1CC1. The Morgan fingerprint density at radius 3 is 2.35 bits per heavy atom. The lowest BCUT2D eigenvalue weighted by Gasteiger charge is -2.07. The highest BCUT2D eigenvalue weighted by Crippen LogP contribution is 2.61. The summed E-state index contributed by atoms with van der Waals surface area (Å²) in [6, 6.07) is 0.668. The molecule has 2 unspecified atom stereocenters. The minimum absolute atomic E-state index is 0.533. The molecular formula is C13H20N4. The van der Waals surface area contributed by atoms with Crippen LogP contribution in [-0.4, -0.2) is 14.8 Å². The molecule has 4 rings (SSSR count). The summed E-state index contributed by atoms with van der Waals surface area (Å²) in [6.45, 7) is 0.533. The van der Waals surface area contributed by atoms with E-state index in [9.17, 15) is 0 Å². The number of aromatic nitrogens is 3. The second kappa shape index (κ2) is 3.55. The fourth-order valence-corrected chi connectivity index (χ4v) is 3.81. The van der Waals surface area contributed by atoms with Crippen LogP contribution in [0, 0.1) is 11.8 Å². The molecular weight excluding hydrogens is 212 g/mol. The van der Waals surface area contributed by atoms with E-state index in [0.29, 0.717) is 18.5 Å². The van der Waals surface area contributed by atoms with Gasteiger partial charge in [0.15, 0.2) is 0 Å². The van der Waals surface area contributed by atoms with Crippen LogP contribution < -0.4 is 5.73 Å². The predicted molar refractivity (Wildman–Crippen MR) is 64.4 cm³/mol. The molecule has 0 aromatic carbocycles. The summed E-state index contributed by atoms with van der Waals surface area (Å²) < 4.78 is 2.38. The van der Waals surface area contributed by atoms with Gasteiger partial charge in [0.2, 0.25) is 0 Å². The maximum Gasteiger partial charge on any atom is 0.147 e. The van der Waals surface area contributed by atoms with Crippen LogP contribution in [0.2, 0.25) is 0 Å². The third-order valence-corrected chi connectivity index (χ3v) is 4.84. The lowest BCUT2D eigenvalue weighted by Crippen LogP contribution is -2.09. The van der Waals surface area contributed by atoms with Gasteiger partial charge >= 0.3 is 0 Å². The van der Waals surface area contributed by atoms with E-state index >= 15 is 0 Å². The summed E-state index contributed by atoms with van der Waals surface area (Å²) in [6.07, 6.45) is 8.23. The Labute approximate surface area is 102 Å². The summed E-state index contributed by atoms with van der Waals surface area (Å²) in [4.78, 5) is 0. The molecule has 0 saturated heterocycles. The molecule has 2 N–H and O–H groups in total. The minimum Gasteiger partial charge on any atom is -0.324 e. The van der Waals surface area contributed by atoms with Crippen LogP contribution in [0.5, 0.6) is 0 Å². The van der Waals surface area contributed by atoms with Gasteiger partial charge in [-0.25, -0.2) is 0 Å². The van der Waals surface area contributed by atoms with Crippen LogP contribution in [0.4, 0.5) is 0 Å². The molecule has 0 bridgehead atoms. The third kappa shape index (κ3) is 1.46. The Morgan fingerprint density at radius 1 is 1.06 bits per heavy atom. The monoisotopic (exact) mass is 232 g/mol. The summed E-state index contributed by atoms with van der Waals surface area (Å²) in [7, 11) is 0. The number of hydrogen-bond acceptors (Lipinski definition) is 3. The van der Waals surface area contributed by atoms with Gasteiger partial charge in [0.25, 0.3) is 0 Å². The number of rotatable bonds is 3. The molecule has 0 aliphatic heterocycles. The number of hydrogen-bond donors (Lipinski definition) is 1. The van der Waals surface area contributed by atoms with Crippen molar-refractivity contribution in [3.63, 3.8) is 0 Å². The normalized spacial score (nSPS) is 35.7. The van der Waals surface area contributed by atoms with Crippen molar-refractivity contribution in [3.05, 3.63) is 11.6 Å². The summed E-state index contributed by atoms with van der Waals surface area (Å²) >= 11 is 0. The predicted octanol–water partition coefficient (Wildman–Crippen LogP) is 1.98. The smallest absolute Gasteiger partial charge is 0.147 e. The number of fused-ring (bicyclic) bond motifs is 1. The fourth-order valence-electron chi connectivity index (χ4n) is 3.81. The standard InChI is InChI=1S/C13H20N4/c14-7-11-15-16-13(17(11)8-5-6-8)12-9-3-1-2-4-10(9)12/h8-10,12H,1-7,14H2. The van der Waals surface area contributed by atoms with E-state index in [-0.39, 0.29) is 0 Å². The third-order valence-electron chi connectivity index (χ3n) is 4.84. The second-order valence-electron chi connectivity index (χ2n) is 5.92. The molecule has 1 heterocycles. The van der Waals surface area contributed by atoms with Crippen LogP contribution in [0.3, 0.4) is 0 Å². The molecule has 0 radical (unpaired) electrons. The van der Waals surface area contributed by atoms with E-state index in [0.717, 1.165) is 17.7 Å². The van der Waals surface area contributed by atoms with Crippen LogP contribution in [0.1, 0.15) is 62.1 Å². The highest BCUT2D eigenvalue weighted by Gasteiger charge is 2.54. The Kier molecular flexibility index (Phi) is 2.10. The van der Waals surface area contributed by atoms with Crippen LogP contribution in [-0.2, 0) is 6.54 Å². The highest BCUT2D eigenvalue weighted by atomic mass is 15.3. The number of nitrogens with zero attached hydrogens (tertiary/aromatic N) is 3. The largest absolute Gasteiger partial charge is 0.324 e. The zero-order chi connectivity index (χ0) is 11.4. The van der Waals surface area contributed by atoms with Crippen molar-refractivity contribution in [2.24, 2.45) is 17.6 Å². The Morgan fingerprint density at radius 2 is 1.76 bits per heavy atom. The summed E-state index contributed by atoms with van der Waals surface area (Å²) in [5, 5.41) is 8.77. The zero-order valence-electron chi connectivity index (χ0n) is 10.2. The maximum absolute atomic E-state index is 5.77. The minimum atomic E-state index is 0.533. The fraction of sp³-hybridized carbons (Fsp3) is 0.846. The Hall–Kier alpha value is -0.900. The first-order chi connectivity index (χ1) is 8.40. The highest BCUT2D eigenvalue weighted by molar-refractivity contribution is 5.20. The van der Waals surface area contributed by atoms with Crippen LogP contribution in [0.25, 0.3) is 0 Å². The molecule has 4 nitrogen and oxygen atoms in total. The molecule has 1 aromatic heterocycles.